The Balaban J connectivity index is 1.63. The first-order chi connectivity index (χ1) is 11.2. The van der Waals surface area contributed by atoms with Gasteiger partial charge in [0.1, 0.15) is 11.9 Å². The van der Waals surface area contributed by atoms with Gasteiger partial charge in [-0.15, -0.1) is 0 Å². The van der Waals surface area contributed by atoms with Crippen molar-refractivity contribution in [2.75, 3.05) is 37.3 Å². The maximum absolute atomic E-state index is 9.20. The number of piperazine rings is 1. The molecule has 0 N–H and O–H groups in total. The summed E-state index contributed by atoms with van der Waals surface area (Å²) >= 11 is 8.54. The number of anilines is 1. The van der Waals surface area contributed by atoms with Crippen molar-refractivity contribution < 1.29 is 0 Å². The lowest BCUT2D eigenvalue weighted by Gasteiger charge is -2.35. The minimum atomic E-state index is 0.632. The van der Waals surface area contributed by atoms with E-state index in [0.29, 0.717) is 5.56 Å². The van der Waals surface area contributed by atoms with Crippen LogP contribution in [0.25, 0.3) is 0 Å². The van der Waals surface area contributed by atoms with Crippen LogP contribution in [0.15, 0.2) is 22.7 Å². The molecule has 0 amide bonds. The average Bonchev–Trinajstić information content (AvgIpc) is 2.95. The molecule has 0 aromatic carbocycles. The molecule has 0 bridgehead atoms. The normalized spacial score (nSPS) is 15.6. The van der Waals surface area contributed by atoms with Gasteiger partial charge in [0.05, 0.1) is 12.2 Å². The lowest BCUT2D eigenvalue weighted by Crippen LogP contribution is -2.47. The zero-order valence-electron chi connectivity index (χ0n) is 12.7. The fourth-order valence-electron chi connectivity index (χ4n) is 2.49. The predicted molar refractivity (Wildman–Crippen MR) is 95.5 cm³/mol. The van der Waals surface area contributed by atoms with Crippen LogP contribution in [0, 0.1) is 15.3 Å². The third-order valence-corrected chi connectivity index (χ3v) is 5.96. The van der Waals surface area contributed by atoms with Crippen molar-refractivity contribution in [3.05, 3.63) is 27.8 Å². The Kier molecular flexibility index (Phi) is 5.27. The summed E-state index contributed by atoms with van der Waals surface area (Å²) in [5.41, 5.74) is 0.632. The Labute approximate surface area is 148 Å². The lowest BCUT2D eigenvalue weighted by molar-refractivity contribution is 0.193. The molecule has 3 heterocycles. The van der Waals surface area contributed by atoms with Crippen molar-refractivity contribution in [2.24, 2.45) is 0 Å². The summed E-state index contributed by atoms with van der Waals surface area (Å²) < 4.78 is 3.71. The summed E-state index contributed by atoms with van der Waals surface area (Å²) in [4.78, 5) is 8.85. The lowest BCUT2D eigenvalue weighted by atomic mass is 10.2. The molecule has 0 radical (unpaired) electrons. The van der Waals surface area contributed by atoms with Crippen LogP contribution in [0.1, 0.15) is 5.56 Å². The summed E-state index contributed by atoms with van der Waals surface area (Å²) in [5, 5.41) is 13.7. The first kappa shape index (κ1) is 16.4. The maximum atomic E-state index is 9.20. The van der Waals surface area contributed by atoms with Gasteiger partial charge in [-0.3, -0.25) is 4.90 Å². The maximum Gasteiger partial charge on any atom is 0.181 e. The molecule has 0 unspecified atom stereocenters. The predicted octanol–water partition coefficient (Wildman–Crippen LogP) is 2.44. The van der Waals surface area contributed by atoms with Crippen molar-refractivity contribution >= 4 is 41.1 Å². The minimum absolute atomic E-state index is 0.632. The highest BCUT2D eigenvalue weighted by Gasteiger charge is 2.20. The van der Waals surface area contributed by atoms with E-state index in [-0.39, 0.29) is 0 Å². The van der Waals surface area contributed by atoms with Crippen molar-refractivity contribution in [3.63, 3.8) is 0 Å². The van der Waals surface area contributed by atoms with Gasteiger partial charge in [-0.25, -0.2) is 9.67 Å². The second kappa shape index (κ2) is 7.40. The van der Waals surface area contributed by atoms with Crippen molar-refractivity contribution in [1.82, 2.24) is 19.7 Å². The van der Waals surface area contributed by atoms with Gasteiger partial charge in [0.15, 0.2) is 8.29 Å². The highest BCUT2D eigenvalue weighted by atomic mass is 32.2. The summed E-state index contributed by atoms with van der Waals surface area (Å²) in [6, 6.07) is 5.82. The number of nitriles is 1. The Bertz CT molecular complexity index is 769. The molecule has 1 aliphatic heterocycles. The zero-order valence-corrected chi connectivity index (χ0v) is 15.1. The molecule has 0 atom stereocenters. The smallest absolute Gasteiger partial charge is 0.181 e. The van der Waals surface area contributed by atoms with E-state index >= 15 is 0 Å². The molecule has 1 saturated heterocycles. The molecule has 3 rings (SSSR count). The van der Waals surface area contributed by atoms with E-state index in [4.69, 9.17) is 12.2 Å². The number of aromatic nitrogens is 3. The van der Waals surface area contributed by atoms with E-state index in [1.54, 1.807) is 35.4 Å². The molecular weight excluding hydrogens is 348 g/mol. The average molecular weight is 365 g/mol. The van der Waals surface area contributed by atoms with E-state index in [2.05, 4.69) is 26.0 Å². The molecule has 120 valence electrons. The molecule has 6 nitrogen and oxygen atoms in total. The minimum Gasteiger partial charge on any atom is -0.353 e. The number of nitrogens with zero attached hydrogens (tertiary/aromatic N) is 6. The van der Waals surface area contributed by atoms with E-state index < -0.39 is 0 Å². The van der Waals surface area contributed by atoms with E-state index in [1.165, 1.54) is 0 Å². The largest absolute Gasteiger partial charge is 0.353 e. The van der Waals surface area contributed by atoms with Crippen molar-refractivity contribution in [3.8, 4) is 6.07 Å². The first-order valence-electron chi connectivity index (χ1n) is 7.15. The summed E-state index contributed by atoms with van der Waals surface area (Å²) in [6.07, 6.45) is 3.75. The standard InChI is InChI=1S/C14H16N6S3/c1-22-13-17-20(14(21)23-13)10-18-5-7-19(8-6-18)12-11(9-15)3-2-4-16-12/h2-4H,5-8,10H2,1H3. The van der Waals surface area contributed by atoms with Crippen molar-refractivity contribution in [1.29, 1.82) is 5.26 Å². The molecule has 1 fully saturated rings. The fraction of sp³-hybridized carbons (Fsp3) is 0.429. The summed E-state index contributed by atoms with van der Waals surface area (Å²) in [5.74, 6) is 0.782. The highest BCUT2D eigenvalue weighted by molar-refractivity contribution is 8.00. The van der Waals surface area contributed by atoms with E-state index in [9.17, 15) is 5.26 Å². The molecule has 2 aromatic rings. The van der Waals surface area contributed by atoms with Gasteiger partial charge >= 0.3 is 0 Å². The Morgan fingerprint density at radius 3 is 2.83 bits per heavy atom. The molecule has 0 spiro atoms. The van der Waals surface area contributed by atoms with Gasteiger partial charge in [-0.05, 0) is 30.6 Å². The third-order valence-electron chi connectivity index (χ3n) is 3.68. The van der Waals surface area contributed by atoms with Crippen LogP contribution in [0.5, 0.6) is 0 Å². The number of thioether (sulfide) groups is 1. The Hall–Kier alpha value is -1.47. The number of pyridine rings is 1. The van der Waals surface area contributed by atoms with Gasteiger partial charge in [0.2, 0.25) is 0 Å². The second-order valence-corrected chi connectivity index (χ2v) is 7.75. The van der Waals surface area contributed by atoms with Gasteiger partial charge in [-0.2, -0.15) is 10.4 Å². The Morgan fingerprint density at radius 2 is 2.17 bits per heavy atom. The molecule has 23 heavy (non-hydrogen) atoms. The zero-order chi connectivity index (χ0) is 16.2. The number of rotatable bonds is 4. The van der Waals surface area contributed by atoms with Crippen molar-refractivity contribution in [2.45, 2.75) is 11.0 Å². The molecule has 2 aromatic heterocycles. The topological polar surface area (TPSA) is 61.0 Å². The number of hydrogen-bond donors (Lipinski definition) is 0. The first-order valence-corrected chi connectivity index (χ1v) is 9.60. The van der Waals surface area contributed by atoms with Gasteiger partial charge < -0.3 is 4.90 Å². The summed E-state index contributed by atoms with van der Waals surface area (Å²) in [7, 11) is 0. The number of hydrogen-bond acceptors (Lipinski definition) is 8. The van der Waals surface area contributed by atoms with Gasteiger partial charge in [0, 0.05) is 32.4 Å². The molecular formula is C14H16N6S3. The molecule has 0 saturated carbocycles. The quantitative estimate of drug-likeness (QED) is 0.610. The van der Waals surface area contributed by atoms with Crippen LogP contribution in [-0.4, -0.2) is 52.1 Å². The van der Waals surface area contributed by atoms with Crippen LogP contribution in [0.3, 0.4) is 0 Å². The van der Waals surface area contributed by atoms with Crippen LogP contribution in [-0.2, 0) is 6.67 Å². The monoisotopic (exact) mass is 364 g/mol. The van der Waals surface area contributed by atoms with E-state index in [0.717, 1.165) is 47.0 Å². The van der Waals surface area contributed by atoms with Crippen LogP contribution in [0.2, 0.25) is 0 Å². The highest BCUT2D eigenvalue weighted by Crippen LogP contribution is 2.21. The van der Waals surface area contributed by atoms with Crippen LogP contribution >= 0.6 is 35.3 Å². The fourth-order valence-corrected chi connectivity index (χ4v) is 4.22. The van der Waals surface area contributed by atoms with Crippen LogP contribution < -0.4 is 4.90 Å². The molecule has 0 aliphatic carbocycles. The second-order valence-electron chi connectivity index (χ2n) is 5.07. The third kappa shape index (κ3) is 3.72. The molecule has 9 heteroatoms. The molecule has 1 aliphatic rings. The van der Waals surface area contributed by atoms with Gasteiger partial charge in [-0.1, -0.05) is 23.1 Å². The summed E-state index contributed by atoms with van der Waals surface area (Å²) in [6.45, 7) is 4.21. The van der Waals surface area contributed by atoms with E-state index in [1.807, 2.05) is 17.0 Å². The van der Waals surface area contributed by atoms with Crippen LogP contribution in [0.4, 0.5) is 5.82 Å². The Morgan fingerprint density at radius 1 is 1.39 bits per heavy atom. The van der Waals surface area contributed by atoms with Gasteiger partial charge in [0.25, 0.3) is 0 Å². The SMILES string of the molecule is CSc1nn(CN2CCN(c3ncccc3C#N)CC2)c(=S)s1.